The summed E-state index contributed by atoms with van der Waals surface area (Å²) in [5.74, 6) is -0.152. The summed E-state index contributed by atoms with van der Waals surface area (Å²) in [6, 6.07) is 0. The number of hydrogen-bond acceptors (Lipinski definition) is 4. The Morgan fingerprint density at radius 2 is 2.00 bits per heavy atom. The van der Waals surface area contributed by atoms with Crippen LogP contribution in [-0.4, -0.2) is 23.3 Å². The molecule has 0 saturated carbocycles. The Morgan fingerprint density at radius 1 is 1.38 bits per heavy atom. The molecule has 0 spiro atoms. The molecule has 0 bridgehead atoms. The van der Waals surface area contributed by atoms with Crippen LogP contribution in [0.1, 0.15) is 32.1 Å². The van der Waals surface area contributed by atoms with E-state index in [0.29, 0.717) is 6.42 Å². The molecule has 0 aliphatic carbocycles. The van der Waals surface area contributed by atoms with E-state index in [1.807, 2.05) is 0 Å². The maximum Gasteiger partial charge on any atom is 0.305 e. The van der Waals surface area contributed by atoms with Crippen molar-refractivity contribution < 1.29 is 9.53 Å². The van der Waals surface area contributed by atoms with E-state index in [1.54, 1.807) is 5.37 Å². The Labute approximate surface area is 89.7 Å². The molecular weight excluding hydrogens is 204 g/mol. The van der Waals surface area contributed by atoms with Gasteiger partial charge in [0.15, 0.2) is 0 Å². The van der Waals surface area contributed by atoms with Gasteiger partial charge in [-0.15, -0.1) is 0 Å². The molecule has 0 unspecified atom stereocenters. The van der Waals surface area contributed by atoms with Crippen molar-refractivity contribution in [2.24, 2.45) is 0 Å². The zero-order chi connectivity index (χ0) is 10.1. The standard InChI is InChI=1S/C9H14O2S2/c1-11-9(10)5-3-2-4-8(13)6-7-12/h7H,2-6H2,1H3. The number of esters is 1. The van der Waals surface area contributed by atoms with E-state index in [4.69, 9.17) is 12.2 Å². The fraction of sp³-hybridized carbons (Fsp3) is 0.667. The van der Waals surface area contributed by atoms with Gasteiger partial charge in [-0.1, -0.05) is 24.4 Å². The number of carbonyl (C=O) groups excluding carboxylic acids is 1. The first-order chi connectivity index (χ1) is 6.20. The molecule has 0 aromatic rings. The smallest absolute Gasteiger partial charge is 0.305 e. The number of methoxy groups -OCH3 is 1. The molecule has 0 aliphatic rings. The summed E-state index contributed by atoms with van der Waals surface area (Å²) in [6.07, 6.45) is 3.86. The fourth-order valence-corrected chi connectivity index (χ4v) is 1.42. The summed E-state index contributed by atoms with van der Waals surface area (Å²) in [5.41, 5.74) is 0. The topological polar surface area (TPSA) is 26.3 Å². The Balaban J connectivity index is 3.30. The van der Waals surface area contributed by atoms with Crippen molar-refractivity contribution in [3.63, 3.8) is 0 Å². The van der Waals surface area contributed by atoms with Gasteiger partial charge in [-0.3, -0.25) is 4.79 Å². The van der Waals surface area contributed by atoms with Crippen molar-refractivity contribution in [2.75, 3.05) is 7.11 Å². The van der Waals surface area contributed by atoms with Crippen LogP contribution >= 0.6 is 24.4 Å². The normalized spacial score (nSPS) is 9.31. The number of hydrogen-bond donors (Lipinski definition) is 0. The van der Waals surface area contributed by atoms with Crippen molar-refractivity contribution >= 4 is 40.6 Å². The van der Waals surface area contributed by atoms with Crippen molar-refractivity contribution in [1.29, 1.82) is 0 Å². The third kappa shape index (κ3) is 7.99. The Hall–Kier alpha value is -0.350. The SMILES string of the molecule is COC(=O)CCCCC(=S)CC=S. The highest BCUT2D eigenvalue weighted by atomic mass is 32.1. The van der Waals surface area contributed by atoms with Crippen LogP contribution in [0, 0.1) is 0 Å². The lowest BCUT2D eigenvalue weighted by atomic mass is 10.1. The van der Waals surface area contributed by atoms with Crippen LogP contribution in [0.15, 0.2) is 0 Å². The van der Waals surface area contributed by atoms with E-state index in [0.717, 1.165) is 30.5 Å². The van der Waals surface area contributed by atoms with E-state index >= 15 is 0 Å². The second kappa shape index (κ2) is 8.26. The molecule has 0 rings (SSSR count). The van der Waals surface area contributed by atoms with E-state index < -0.39 is 0 Å². The number of carbonyl (C=O) groups is 1. The lowest BCUT2D eigenvalue weighted by Crippen LogP contribution is -2.00. The van der Waals surface area contributed by atoms with Crippen LogP contribution in [0.4, 0.5) is 0 Å². The van der Waals surface area contributed by atoms with Gasteiger partial charge < -0.3 is 4.74 Å². The summed E-state index contributed by atoms with van der Waals surface area (Å²) < 4.78 is 4.51. The molecule has 13 heavy (non-hydrogen) atoms. The summed E-state index contributed by atoms with van der Waals surface area (Å²) in [5, 5.41) is 1.64. The number of thiocarbonyl (C=S) groups is 2. The molecule has 2 nitrogen and oxygen atoms in total. The molecule has 0 saturated heterocycles. The molecule has 0 aromatic heterocycles. The Morgan fingerprint density at radius 3 is 2.54 bits per heavy atom. The molecule has 0 radical (unpaired) electrons. The average Bonchev–Trinajstić information content (AvgIpc) is 2.12. The van der Waals surface area contributed by atoms with Gasteiger partial charge in [0.1, 0.15) is 0 Å². The van der Waals surface area contributed by atoms with Gasteiger partial charge in [-0.05, 0) is 29.5 Å². The molecule has 0 amide bonds. The van der Waals surface area contributed by atoms with Crippen LogP contribution in [0.2, 0.25) is 0 Å². The Kier molecular flexibility index (Phi) is 8.04. The highest BCUT2D eigenvalue weighted by molar-refractivity contribution is 7.81. The molecule has 0 N–H and O–H groups in total. The lowest BCUT2D eigenvalue weighted by Gasteiger charge is -2.00. The monoisotopic (exact) mass is 218 g/mol. The second-order valence-electron chi connectivity index (χ2n) is 2.69. The third-order valence-electron chi connectivity index (χ3n) is 1.63. The summed E-state index contributed by atoms with van der Waals surface area (Å²) in [6.45, 7) is 0. The molecule has 0 aromatic carbocycles. The van der Waals surface area contributed by atoms with Crippen LogP contribution in [0.5, 0.6) is 0 Å². The first-order valence-corrected chi connectivity index (χ1v) is 5.10. The first-order valence-electron chi connectivity index (χ1n) is 4.23. The third-order valence-corrected chi connectivity index (χ3v) is 2.16. The molecule has 0 heterocycles. The number of unbranched alkanes of at least 4 members (excludes halogenated alkanes) is 1. The predicted molar refractivity (Wildman–Crippen MR) is 61.4 cm³/mol. The van der Waals surface area contributed by atoms with E-state index in [1.165, 1.54) is 7.11 Å². The minimum absolute atomic E-state index is 0.152. The van der Waals surface area contributed by atoms with Crippen molar-refractivity contribution in [1.82, 2.24) is 0 Å². The Bertz CT molecular complexity index is 190. The van der Waals surface area contributed by atoms with Crippen LogP contribution < -0.4 is 0 Å². The quantitative estimate of drug-likeness (QED) is 0.372. The summed E-state index contributed by atoms with van der Waals surface area (Å²) >= 11 is 9.73. The number of ether oxygens (including phenoxy) is 1. The zero-order valence-electron chi connectivity index (χ0n) is 7.75. The van der Waals surface area contributed by atoms with Crippen LogP contribution in [-0.2, 0) is 9.53 Å². The molecule has 74 valence electrons. The molecule has 0 aliphatic heterocycles. The lowest BCUT2D eigenvalue weighted by molar-refractivity contribution is -0.140. The van der Waals surface area contributed by atoms with Crippen LogP contribution in [0.25, 0.3) is 0 Å². The molecule has 0 fully saturated rings. The van der Waals surface area contributed by atoms with Gasteiger partial charge in [-0.2, -0.15) is 0 Å². The van der Waals surface area contributed by atoms with Crippen molar-refractivity contribution in [3.8, 4) is 0 Å². The second-order valence-corrected chi connectivity index (χ2v) is 3.60. The molecule has 4 heteroatoms. The molecule has 0 atom stereocenters. The summed E-state index contributed by atoms with van der Waals surface area (Å²) in [4.78, 5) is 11.7. The van der Waals surface area contributed by atoms with Gasteiger partial charge in [0.2, 0.25) is 0 Å². The van der Waals surface area contributed by atoms with E-state index in [2.05, 4.69) is 17.0 Å². The minimum Gasteiger partial charge on any atom is -0.469 e. The van der Waals surface area contributed by atoms with E-state index in [-0.39, 0.29) is 5.97 Å². The summed E-state index contributed by atoms with van der Waals surface area (Å²) in [7, 11) is 1.40. The van der Waals surface area contributed by atoms with Gasteiger partial charge in [0.25, 0.3) is 0 Å². The zero-order valence-corrected chi connectivity index (χ0v) is 9.38. The van der Waals surface area contributed by atoms with Gasteiger partial charge >= 0.3 is 5.97 Å². The van der Waals surface area contributed by atoms with Gasteiger partial charge in [0, 0.05) is 12.8 Å². The van der Waals surface area contributed by atoms with E-state index in [9.17, 15) is 4.79 Å². The fourth-order valence-electron chi connectivity index (χ4n) is 0.889. The largest absolute Gasteiger partial charge is 0.469 e. The number of rotatable bonds is 7. The molecular formula is C9H14O2S2. The average molecular weight is 218 g/mol. The highest BCUT2D eigenvalue weighted by Gasteiger charge is 2.00. The first kappa shape index (κ1) is 12.7. The van der Waals surface area contributed by atoms with Crippen LogP contribution in [0.3, 0.4) is 0 Å². The predicted octanol–water partition coefficient (Wildman–Crippen LogP) is 2.48. The van der Waals surface area contributed by atoms with Gasteiger partial charge in [-0.25, -0.2) is 0 Å². The van der Waals surface area contributed by atoms with Gasteiger partial charge in [0.05, 0.1) is 7.11 Å². The highest BCUT2D eigenvalue weighted by Crippen LogP contribution is 2.04. The van der Waals surface area contributed by atoms with Crippen molar-refractivity contribution in [3.05, 3.63) is 0 Å². The maximum absolute atomic E-state index is 10.7. The van der Waals surface area contributed by atoms with Crippen molar-refractivity contribution in [2.45, 2.75) is 32.1 Å². The maximum atomic E-state index is 10.7. The minimum atomic E-state index is -0.152.